The van der Waals surface area contributed by atoms with E-state index in [4.69, 9.17) is 9.47 Å². The third kappa shape index (κ3) is 6.29. The molecule has 2 aromatic rings. The lowest BCUT2D eigenvalue weighted by Gasteiger charge is -2.31. The molecular weight excluding hydrogens is 448 g/mol. The van der Waals surface area contributed by atoms with Crippen LogP contribution in [-0.4, -0.2) is 71.3 Å². The number of fused-ring (bicyclic) bond motifs is 1. The Hall–Kier alpha value is -3.17. The first-order valence-electron chi connectivity index (χ1n) is 12.3. The predicted molar refractivity (Wildman–Crippen MR) is 130 cm³/mol. The van der Waals surface area contributed by atoms with Gasteiger partial charge in [0.1, 0.15) is 11.7 Å². The Morgan fingerprint density at radius 3 is 2.66 bits per heavy atom. The number of carbonyl (C=O) groups is 2. The molecule has 4 rings (SSSR count). The second-order valence-electron chi connectivity index (χ2n) is 9.00. The molecule has 0 bridgehead atoms. The second-order valence-corrected chi connectivity index (χ2v) is 9.00. The lowest BCUT2D eigenvalue weighted by atomic mass is 9.93. The van der Waals surface area contributed by atoms with Crippen molar-refractivity contribution in [2.24, 2.45) is 0 Å². The number of aromatic nitrogens is 1. The number of nitrogens with zero attached hydrogens (tertiary/aromatic N) is 2. The molecule has 2 aliphatic rings. The largest absolute Gasteiger partial charge is 0.477 e. The van der Waals surface area contributed by atoms with Crippen LogP contribution in [0.3, 0.4) is 0 Å². The highest BCUT2D eigenvalue weighted by Gasteiger charge is 2.26. The van der Waals surface area contributed by atoms with E-state index in [1.54, 1.807) is 19.1 Å². The number of hydrogen-bond acceptors (Lipinski definition) is 7. The monoisotopic (exact) mass is 482 g/mol. The third-order valence-corrected chi connectivity index (χ3v) is 6.58. The molecular formula is C26H34N4O5. The highest BCUT2D eigenvalue weighted by Crippen LogP contribution is 2.24. The zero-order valence-electron chi connectivity index (χ0n) is 20.3. The van der Waals surface area contributed by atoms with Crippen molar-refractivity contribution < 1.29 is 24.2 Å². The van der Waals surface area contributed by atoms with Crippen molar-refractivity contribution >= 4 is 11.8 Å². The quantitative estimate of drug-likeness (QED) is 0.525. The molecule has 0 saturated carbocycles. The number of likely N-dealkylation sites (tertiary alicyclic amines) is 1. The van der Waals surface area contributed by atoms with Crippen molar-refractivity contribution in [3.05, 3.63) is 53.1 Å². The van der Waals surface area contributed by atoms with Crippen LogP contribution >= 0.6 is 0 Å². The average Bonchev–Trinajstić information content (AvgIpc) is 2.87. The Labute approximate surface area is 205 Å². The van der Waals surface area contributed by atoms with E-state index in [1.807, 2.05) is 24.0 Å². The summed E-state index contributed by atoms with van der Waals surface area (Å²) in [7, 11) is 0. The van der Waals surface area contributed by atoms with Gasteiger partial charge in [-0.05, 0) is 30.5 Å². The van der Waals surface area contributed by atoms with E-state index in [0.717, 1.165) is 12.8 Å². The van der Waals surface area contributed by atoms with E-state index in [2.05, 4.69) is 27.8 Å². The smallest absolute Gasteiger partial charge is 0.256 e. The Balaban J connectivity index is 1.33. The first-order chi connectivity index (χ1) is 16.9. The van der Waals surface area contributed by atoms with Crippen molar-refractivity contribution in [3.8, 4) is 11.8 Å². The number of ether oxygens (including phenoxy) is 2. The van der Waals surface area contributed by atoms with Crippen LogP contribution in [0.5, 0.6) is 11.8 Å². The number of piperidine rings is 1. The minimum atomic E-state index is -0.737. The molecule has 1 fully saturated rings. The first-order valence-corrected chi connectivity index (χ1v) is 12.3. The van der Waals surface area contributed by atoms with Crippen LogP contribution < -0.4 is 20.1 Å². The number of rotatable bonds is 8. The molecule has 2 unspecified atom stereocenters. The van der Waals surface area contributed by atoms with Gasteiger partial charge in [0.25, 0.3) is 5.91 Å². The van der Waals surface area contributed by atoms with Gasteiger partial charge in [-0.3, -0.25) is 9.59 Å². The van der Waals surface area contributed by atoms with Crippen LogP contribution in [0.1, 0.15) is 48.2 Å². The normalized spacial score (nSPS) is 18.9. The topological polar surface area (TPSA) is 113 Å². The average molecular weight is 483 g/mol. The number of aliphatic hydroxyl groups excluding tert-OH is 1. The van der Waals surface area contributed by atoms with E-state index in [-0.39, 0.29) is 36.4 Å². The van der Waals surface area contributed by atoms with Gasteiger partial charge in [-0.25, -0.2) is 0 Å². The highest BCUT2D eigenvalue weighted by atomic mass is 16.5. The zero-order valence-corrected chi connectivity index (χ0v) is 20.3. The van der Waals surface area contributed by atoms with E-state index < -0.39 is 6.10 Å². The van der Waals surface area contributed by atoms with Gasteiger partial charge in [-0.2, -0.15) is 4.98 Å². The molecule has 3 N–H and O–H groups in total. The molecule has 35 heavy (non-hydrogen) atoms. The number of nitrogens with one attached hydrogen (secondary N) is 2. The summed E-state index contributed by atoms with van der Waals surface area (Å²) in [5, 5.41) is 16.8. The Morgan fingerprint density at radius 2 is 1.94 bits per heavy atom. The first kappa shape index (κ1) is 24.9. The van der Waals surface area contributed by atoms with Gasteiger partial charge < -0.3 is 30.1 Å². The van der Waals surface area contributed by atoms with Gasteiger partial charge in [0.05, 0.1) is 12.7 Å². The Morgan fingerprint density at radius 1 is 1.20 bits per heavy atom. The SMILES string of the molecule is CCOc1nc(OC2CCN(C(C)=O)CC2)ccc1C(=O)NCC(O)C1Cc2ccccc2CN1. The van der Waals surface area contributed by atoms with Gasteiger partial charge in [-0.15, -0.1) is 0 Å². The summed E-state index contributed by atoms with van der Waals surface area (Å²) >= 11 is 0. The number of pyridine rings is 1. The van der Waals surface area contributed by atoms with Crippen molar-refractivity contribution in [1.29, 1.82) is 0 Å². The molecule has 1 aromatic carbocycles. The number of amides is 2. The second kappa shape index (κ2) is 11.5. The third-order valence-electron chi connectivity index (χ3n) is 6.58. The summed E-state index contributed by atoms with van der Waals surface area (Å²) in [5.41, 5.74) is 2.74. The summed E-state index contributed by atoms with van der Waals surface area (Å²) < 4.78 is 11.6. The molecule has 0 radical (unpaired) electrons. The van der Waals surface area contributed by atoms with E-state index >= 15 is 0 Å². The van der Waals surface area contributed by atoms with Crippen molar-refractivity contribution in [3.63, 3.8) is 0 Å². The molecule has 0 spiro atoms. The predicted octanol–water partition coefficient (Wildman–Crippen LogP) is 1.68. The van der Waals surface area contributed by atoms with Crippen LogP contribution in [0.4, 0.5) is 0 Å². The molecule has 9 nitrogen and oxygen atoms in total. The molecule has 9 heteroatoms. The van der Waals surface area contributed by atoms with E-state index in [1.165, 1.54) is 11.1 Å². The number of aliphatic hydroxyl groups is 1. The maximum atomic E-state index is 12.9. The van der Waals surface area contributed by atoms with Crippen molar-refractivity contribution in [1.82, 2.24) is 20.5 Å². The summed E-state index contributed by atoms with van der Waals surface area (Å²) in [6.07, 6.45) is 1.38. The van der Waals surface area contributed by atoms with Gasteiger partial charge in [-0.1, -0.05) is 24.3 Å². The van der Waals surface area contributed by atoms with Crippen LogP contribution in [0.25, 0.3) is 0 Å². The summed E-state index contributed by atoms with van der Waals surface area (Å²) in [6, 6.07) is 11.3. The van der Waals surface area contributed by atoms with Gasteiger partial charge >= 0.3 is 0 Å². The van der Waals surface area contributed by atoms with Crippen LogP contribution in [-0.2, 0) is 17.8 Å². The maximum Gasteiger partial charge on any atom is 0.256 e. The summed E-state index contributed by atoms with van der Waals surface area (Å²) in [5.74, 6) is 0.293. The van der Waals surface area contributed by atoms with Crippen molar-refractivity contribution in [2.75, 3.05) is 26.2 Å². The molecule has 188 valence electrons. The molecule has 0 aliphatic carbocycles. The fraction of sp³-hybridized carbons (Fsp3) is 0.500. The lowest BCUT2D eigenvalue weighted by Crippen LogP contribution is -2.49. The fourth-order valence-corrected chi connectivity index (χ4v) is 4.55. The lowest BCUT2D eigenvalue weighted by molar-refractivity contribution is -0.130. The number of hydrogen-bond donors (Lipinski definition) is 3. The molecule has 1 saturated heterocycles. The maximum absolute atomic E-state index is 12.9. The molecule has 2 aliphatic heterocycles. The molecule has 1 aromatic heterocycles. The standard InChI is InChI=1S/C26H34N4O5/c1-3-34-26-21(8-9-24(29-26)35-20-10-12-30(13-11-20)17(2)31)25(33)28-16-23(32)22-14-18-6-4-5-7-19(18)15-27-22/h4-9,20,22-23,27,32H,3,10-16H2,1-2H3,(H,28,33). The van der Waals surface area contributed by atoms with Gasteiger partial charge in [0, 0.05) is 58.1 Å². The molecule has 2 amide bonds. The minimum Gasteiger partial charge on any atom is -0.477 e. The van der Waals surface area contributed by atoms with Crippen LogP contribution in [0, 0.1) is 0 Å². The van der Waals surface area contributed by atoms with Gasteiger partial charge in [0.2, 0.25) is 17.7 Å². The zero-order chi connectivity index (χ0) is 24.8. The minimum absolute atomic E-state index is 0.0458. The molecule has 2 atom stereocenters. The van der Waals surface area contributed by atoms with Crippen LogP contribution in [0.2, 0.25) is 0 Å². The van der Waals surface area contributed by atoms with Crippen LogP contribution in [0.15, 0.2) is 36.4 Å². The van der Waals surface area contributed by atoms with E-state index in [0.29, 0.717) is 44.1 Å². The fourth-order valence-electron chi connectivity index (χ4n) is 4.55. The number of benzene rings is 1. The highest BCUT2D eigenvalue weighted by molar-refractivity contribution is 5.96. The Kier molecular flexibility index (Phi) is 8.20. The summed E-state index contributed by atoms with van der Waals surface area (Å²) in [4.78, 5) is 30.6. The summed E-state index contributed by atoms with van der Waals surface area (Å²) in [6.45, 7) is 5.86. The van der Waals surface area contributed by atoms with E-state index in [9.17, 15) is 14.7 Å². The number of carbonyl (C=O) groups excluding carboxylic acids is 2. The Bertz CT molecular complexity index is 1040. The molecule has 3 heterocycles. The van der Waals surface area contributed by atoms with Crippen molar-refractivity contribution in [2.45, 2.75) is 57.9 Å². The van der Waals surface area contributed by atoms with Gasteiger partial charge in [0.15, 0.2) is 0 Å².